The number of benzene rings is 1. The van der Waals surface area contributed by atoms with E-state index in [2.05, 4.69) is 6.92 Å². The molecule has 0 spiro atoms. The predicted octanol–water partition coefficient (Wildman–Crippen LogP) is 3.58. The fourth-order valence-corrected chi connectivity index (χ4v) is 1.51. The maximum absolute atomic E-state index is 13.2. The third-order valence-corrected chi connectivity index (χ3v) is 2.40. The number of unbranched alkanes of at least 4 members (excludes halogenated alkanes) is 2. The van der Waals surface area contributed by atoms with Crippen molar-refractivity contribution < 1.29 is 13.9 Å². The van der Waals surface area contributed by atoms with E-state index in [1.54, 1.807) is 0 Å². The second-order valence-corrected chi connectivity index (χ2v) is 3.68. The van der Waals surface area contributed by atoms with Gasteiger partial charge in [-0.2, -0.15) is 0 Å². The van der Waals surface area contributed by atoms with Crippen molar-refractivity contribution in [2.45, 2.75) is 38.7 Å². The number of halogens is 2. The van der Waals surface area contributed by atoms with E-state index in [0.29, 0.717) is 6.42 Å². The number of hydrogen-bond donors (Lipinski definition) is 1. The zero-order valence-electron chi connectivity index (χ0n) is 8.84. The highest BCUT2D eigenvalue weighted by Gasteiger charge is 2.13. The van der Waals surface area contributed by atoms with Crippen molar-refractivity contribution in [3.63, 3.8) is 0 Å². The molecule has 0 amide bonds. The van der Waals surface area contributed by atoms with Gasteiger partial charge in [-0.15, -0.1) is 0 Å². The highest BCUT2D eigenvalue weighted by Crippen LogP contribution is 2.23. The molecule has 1 N–H and O–H groups in total. The van der Waals surface area contributed by atoms with Crippen molar-refractivity contribution in [3.8, 4) is 0 Å². The fraction of sp³-hybridized carbons (Fsp3) is 0.500. The Morgan fingerprint density at radius 3 is 2.67 bits per heavy atom. The zero-order chi connectivity index (χ0) is 11.3. The molecule has 0 aliphatic rings. The third kappa shape index (κ3) is 3.59. The van der Waals surface area contributed by atoms with E-state index in [1.807, 2.05) is 0 Å². The lowest BCUT2D eigenvalue weighted by molar-refractivity contribution is 0.158. The maximum atomic E-state index is 13.2. The number of hydrogen-bond acceptors (Lipinski definition) is 1. The fourth-order valence-electron chi connectivity index (χ4n) is 1.51. The Morgan fingerprint density at radius 1 is 1.27 bits per heavy atom. The first kappa shape index (κ1) is 12.1. The summed E-state index contributed by atoms with van der Waals surface area (Å²) in [4.78, 5) is 0. The van der Waals surface area contributed by atoms with Gasteiger partial charge in [0.25, 0.3) is 0 Å². The molecule has 0 aliphatic carbocycles. The largest absolute Gasteiger partial charge is 0.388 e. The predicted molar refractivity (Wildman–Crippen MR) is 55.5 cm³/mol. The van der Waals surface area contributed by atoms with Crippen molar-refractivity contribution in [2.75, 3.05) is 0 Å². The van der Waals surface area contributed by atoms with Gasteiger partial charge < -0.3 is 5.11 Å². The molecule has 84 valence electrons. The average molecular weight is 214 g/mol. The van der Waals surface area contributed by atoms with Crippen molar-refractivity contribution in [1.29, 1.82) is 0 Å². The van der Waals surface area contributed by atoms with Crippen molar-refractivity contribution >= 4 is 0 Å². The molecule has 0 radical (unpaired) electrons. The van der Waals surface area contributed by atoms with Gasteiger partial charge in [0.15, 0.2) is 0 Å². The second kappa shape index (κ2) is 5.81. The molecule has 1 rings (SSSR count). The first-order chi connectivity index (χ1) is 7.15. The summed E-state index contributed by atoms with van der Waals surface area (Å²) >= 11 is 0. The Bertz CT molecular complexity index is 312. The van der Waals surface area contributed by atoms with Gasteiger partial charge in [-0.1, -0.05) is 26.2 Å². The van der Waals surface area contributed by atoms with Gasteiger partial charge in [-0.3, -0.25) is 0 Å². The molecule has 0 heterocycles. The van der Waals surface area contributed by atoms with Gasteiger partial charge in [0.1, 0.15) is 11.6 Å². The molecule has 0 aromatic heterocycles. The topological polar surface area (TPSA) is 20.2 Å². The van der Waals surface area contributed by atoms with E-state index in [1.165, 1.54) is 0 Å². The van der Waals surface area contributed by atoms with E-state index >= 15 is 0 Å². The minimum atomic E-state index is -0.896. The van der Waals surface area contributed by atoms with Crippen LogP contribution in [0.25, 0.3) is 0 Å². The van der Waals surface area contributed by atoms with Crippen molar-refractivity contribution in [1.82, 2.24) is 0 Å². The van der Waals surface area contributed by atoms with Crippen LogP contribution in [-0.4, -0.2) is 5.11 Å². The molecular weight excluding hydrogens is 198 g/mol. The third-order valence-electron chi connectivity index (χ3n) is 2.40. The maximum Gasteiger partial charge on any atom is 0.129 e. The van der Waals surface area contributed by atoms with Crippen LogP contribution in [0.2, 0.25) is 0 Å². The van der Waals surface area contributed by atoms with Crippen LogP contribution in [-0.2, 0) is 0 Å². The normalized spacial score (nSPS) is 12.8. The number of aliphatic hydroxyl groups excluding tert-OH is 1. The van der Waals surface area contributed by atoms with Gasteiger partial charge in [0, 0.05) is 5.56 Å². The zero-order valence-corrected chi connectivity index (χ0v) is 8.84. The molecular formula is C12H16F2O. The van der Waals surface area contributed by atoms with Crippen LogP contribution in [0.1, 0.15) is 44.3 Å². The van der Waals surface area contributed by atoms with Gasteiger partial charge in [0.2, 0.25) is 0 Å². The number of aliphatic hydroxyl groups is 1. The summed E-state index contributed by atoms with van der Waals surface area (Å²) in [5.74, 6) is -1.05. The quantitative estimate of drug-likeness (QED) is 0.743. The van der Waals surface area contributed by atoms with Crippen LogP contribution in [0.5, 0.6) is 0 Å². The van der Waals surface area contributed by atoms with E-state index in [-0.39, 0.29) is 5.56 Å². The molecule has 3 heteroatoms. The second-order valence-electron chi connectivity index (χ2n) is 3.68. The van der Waals surface area contributed by atoms with Crippen molar-refractivity contribution in [2.24, 2.45) is 0 Å². The summed E-state index contributed by atoms with van der Waals surface area (Å²) < 4.78 is 26.0. The van der Waals surface area contributed by atoms with Crippen molar-refractivity contribution in [3.05, 3.63) is 35.4 Å². The van der Waals surface area contributed by atoms with Crippen LogP contribution in [0, 0.1) is 11.6 Å². The van der Waals surface area contributed by atoms with Gasteiger partial charge >= 0.3 is 0 Å². The Labute approximate surface area is 88.7 Å². The molecule has 0 fully saturated rings. The summed E-state index contributed by atoms with van der Waals surface area (Å²) in [7, 11) is 0. The Balaban J connectivity index is 2.64. The smallest absolute Gasteiger partial charge is 0.129 e. The highest BCUT2D eigenvalue weighted by atomic mass is 19.1. The SMILES string of the molecule is CCCCCC(O)c1cc(F)ccc1F. The molecule has 1 nitrogen and oxygen atoms in total. The number of rotatable bonds is 5. The van der Waals surface area contributed by atoms with Crippen LogP contribution in [0.3, 0.4) is 0 Å². The molecule has 0 bridgehead atoms. The Hall–Kier alpha value is -0.960. The summed E-state index contributed by atoms with van der Waals surface area (Å²) in [5.41, 5.74) is 0.0612. The molecule has 0 saturated carbocycles. The van der Waals surface area contributed by atoms with E-state index in [9.17, 15) is 13.9 Å². The Morgan fingerprint density at radius 2 is 2.00 bits per heavy atom. The lowest BCUT2D eigenvalue weighted by Gasteiger charge is -2.11. The lowest BCUT2D eigenvalue weighted by Crippen LogP contribution is -2.01. The summed E-state index contributed by atoms with van der Waals surface area (Å²) in [6.07, 6.45) is 2.45. The molecule has 1 unspecified atom stereocenters. The first-order valence-electron chi connectivity index (χ1n) is 5.28. The van der Waals surface area contributed by atoms with Gasteiger partial charge in [0.05, 0.1) is 6.10 Å². The van der Waals surface area contributed by atoms with Gasteiger partial charge in [-0.05, 0) is 24.6 Å². The van der Waals surface area contributed by atoms with Crippen LogP contribution in [0.4, 0.5) is 8.78 Å². The summed E-state index contributed by atoms with van der Waals surface area (Å²) in [6, 6.07) is 3.16. The van der Waals surface area contributed by atoms with Crippen LogP contribution in [0.15, 0.2) is 18.2 Å². The average Bonchev–Trinajstić information content (AvgIpc) is 2.22. The van der Waals surface area contributed by atoms with E-state index in [0.717, 1.165) is 37.5 Å². The molecule has 0 aliphatic heterocycles. The molecule has 1 atom stereocenters. The van der Waals surface area contributed by atoms with Crippen LogP contribution >= 0.6 is 0 Å². The molecule has 1 aromatic carbocycles. The lowest BCUT2D eigenvalue weighted by atomic mass is 10.0. The Kier molecular flexibility index (Phi) is 4.69. The van der Waals surface area contributed by atoms with E-state index in [4.69, 9.17) is 0 Å². The summed E-state index contributed by atoms with van der Waals surface area (Å²) in [6.45, 7) is 2.05. The van der Waals surface area contributed by atoms with E-state index < -0.39 is 17.7 Å². The van der Waals surface area contributed by atoms with Crippen LogP contribution < -0.4 is 0 Å². The van der Waals surface area contributed by atoms with Gasteiger partial charge in [-0.25, -0.2) is 8.78 Å². The standard InChI is InChI=1S/C12H16F2O/c1-2-3-4-5-12(15)10-8-9(13)6-7-11(10)14/h6-8,12,15H,2-5H2,1H3. The monoisotopic (exact) mass is 214 g/mol. The summed E-state index contributed by atoms with van der Waals surface area (Å²) in [5, 5.41) is 9.65. The minimum absolute atomic E-state index is 0.0612. The minimum Gasteiger partial charge on any atom is -0.388 e. The molecule has 1 aromatic rings. The first-order valence-corrected chi connectivity index (χ1v) is 5.28. The molecule has 0 saturated heterocycles. The highest BCUT2D eigenvalue weighted by molar-refractivity contribution is 5.20. The molecule has 15 heavy (non-hydrogen) atoms.